The van der Waals surface area contributed by atoms with Crippen LogP contribution in [-0.4, -0.2) is 30.9 Å². The molecule has 0 aliphatic carbocycles. The van der Waals surface area contributed by atoms with E-state index in [9.17, 15) is 9.59 Å². The lowest BCUT2D eigenvalue weighted by Gasteiger charge is -2.23. The maximum Gasteiger partial charge on any atom is 0.255 e. The van der Waals surface area contributed by atoms with E-state index in [0.29, 0.717) is 16.8 Å². The topological polar surface area (TPSA) is 61.4 Å². The van der Waals surface area contributed by atoms with Gasteiger partial charge in [-0.25, -0.2) is 0 Å². The number of rotatable bonds is 6. The van der Waals surface area contributed by atoms with Gasteiger partial charge in [-0.15, -0.1) is 0 Å². The van der Waals surface area contributed by atoms with Gasteiger partial charge in [0, 0.05) is 40.5 Å². The van der Waals surface area contributed by atoms with Crippen LogP contribution in [0.15, 0.2) is 46.9 Å². The van der Waals surface area contributed by atoms with Gasteiger partial charge in [0.05, 0.1) is 5.56 Å². The highest BCUT2D eigenvalue weighted by atomic mass is 79.9. The van der Waals surface area contributed by atoms with E-state index in [1.807, 2.05) is 38.1 Å². The quantitative estimate of drug-likeness (QED) is 0.671. The molecule has 0 bridgehead atoms. The maximum absolute atomic E-state index is 12.9. The maximum atomic E-state index is 12.9. The average Bonchev–Trinajstić information content (AvgIpc) is 3.22. The van der Waals surface area contributed by atoms with E-state index in [4.69, 9.17) is 0 Å². The molecule has 1 unspecified atom stereocenters. The van der Waals surface area contributed by atoms with E-state index >= 15 is 0 Å². The van der Waals surface area contributed by atoms with Gasteiger partial charge in [-0.3, -0.25) is 9.59 Å². The number of nitrogens with one attached hydrogen (secondary N) is 2. The summed E-state index contributed by atoms with van der Waals surface area (Å²) >= 11 is 3.37. The van der Waals surface area contributed by atoms with Crippen molar-refractivity contribution in [1.82, 2.24) is 5.32 Å². The predicted octanol–water partition coefficient (Wildman–Crippen LogP) is 4.83. The van der Waals surface area contributed by atoms with Gasteiger partial charge in [0.15, 0.2) is 0 Å². The highest BCUT2D eigenvalue weighted by Crippen LogP contribution is 2.28. The first-order chi connectivity index (χ1) is 13.5. The Labute approximate surface area is 174 Å². The van der Waals surface area contributed by atoms with E-state index in [0.717, 1.165) is 42.5 Å². The minimum atomic E-state index is -0.199. The molecule has 2 aromatic carbocycles. The van der Waals surface area contributed by atoms with Crippen LogP contribution in [0.5, 0.6) is 0 Å². The fourth-order valence-corrected chi connectivity index (χ4v) is 3.50. The van der Waals surface area contributed by atoms with Crippen LogP contribution in [-0.2, 0) is 0 Å². The van der Waals surface area contributed by atoms with Crippen LogP contribution < -0.4 is 15.5 Å². The van der Waals surface area contributed by atoms with Gasteiger partial charge < -0.3 is 15.5 Å². The van der Waals surface area contributed by atoms with E-state index in [1.54, 1.807) is 18.2 Å². The number of hydrogen-bond acceptors (Lipinski definition) is 3. The zero-order valence-corrected chi connectivity index (χ0v) is 17.9. The molecule has 2 amide bonds. The molecule has 1 heterocycles. The van der Waals surface area contributed by atoms with Crippen molar-refractivity contribution in [3.63, 3.8) is 0 Å². The minimum Gasteiger partial charge on any atom is -0.371 e. The lowest BCUT2D eigenvalue weighted by atomic mass is 10.1. The van der Waals surface area contributed by atoms with Crippen molar-refractivity contribution in [2.45, 2.75) is 39.2 Å². The van der Waals surface area contributed by atoms with E-state index in [2.05, 4.69) is 31.5 Å². The van der Waals surface area contributed by atoms with Gasteiger partial charge in [-0.2, -0.15) is 0 Å². The van der Waals surface area contributed by atoms with Gasteiger partial charge in [-0.05, 0) is 68.7 Å². The fraction of sp³-hybridized carbons (Fsp3) is 0.364. The van der Waals surface area contributed by atoms with Gasteiger partial charge in [0.25, 0.3) is 11.8 Å². The molecule has 0 spiro atoms. The summed E-state index contributed by atoms with van der Waals surface area (Å²) in [7, 11) is 0. The highest BCUT2D eigenvalue weighted by Gasteiger charge is 2.21. The number of carbonyl (C=O) groups is 2. The van der Waals surface area contributed by atoms with Crippen LogP contribution in [0, 0.1) is 0 Å². The third-order valence-corrected chi connectivity index (χ3v) is 5.57. The van der Waals surface area contributed by atoms with E-state index in [-0.39, 0.29) is 17.9 Å². The van der Waals surface area contributed by atoms with Crippen molar-refractivity contribution in [3.05, 3.63) is 58.1 Å². The molecule has 1 aliphatic rings. The summed E-state index contributed by atoms with van der Waals surface area (Å²) in [5, 5.41) is 5.95. The zero-order chi connectivity index (χ0) is 20.1. The molecule has 28 heavy (non-hydrogen) atoms. The Bertz CT molecular complexity index is 845. The van der Waals surface area contributed by atoms with Crippen LogP contribution in [0.2, 0.25) is 0 Å². The van der Waals surface area contributed by atoms with Crippen LogP contribution in [0.25, 0.3) is 0 Å². The Morgan fingerprint density at radius 3 is 2.39 bits per heavy atom. The zero-order valence-electron chi connectivity index (χ0n) is 16.3. The molecule has 1 aliphatic heterocycles. The summed E-state index contributed by atoms with van der Waals surface area (Å²) < 4.78 is 0.919. The Morgan fingerprint density at radius 1 is 1.07 bits per heavy atom. The smallest absolute Gasteiger partial charge is 0.255 e. The summed E-state index contributed by atoms with van der Waals surface area (Å²) in [6.45, 7) is 5.94. The molecule has 2 aromatic rings. The van der Waals surface area contributed by atoms with Crippen molar-refractivity contribution in [2.24, 2.45) is 0 Å². The molecule has 1 saturated heterocycles. The van der Waals surface area contributed by atoms with Gasteiger partial charge in [0.2, 0.25) is 0 Å². The normalized spacial score (nSPS) is 14.6. The lowest BCUT2D eigenvalue weighted by Crippen LogP contribution is -2.33. The molecular weight excluding hydrogens is 418 g/mol. The first kappa shape index (κ1) is 20.4. The molecule has 2 N–H and O–H groups in total. The van der Waals surface area contributed by atoms with E-state index in [1.165, 1.54) is 0 Å². The Morgan fingerprint density at radius 2 is 1.75 bits per heavy atom. The molecule has 6 heteroatoms. The second-order valence-electron chi connectivity index (χ2n) is 7.17. The summed E-state index contributed by atoms with van der Waals surface area (Å²) in [6.07, 6.45) is 3.13. The van der Waals surface area contributed by atoms with Crippen LogP contribution in [0.4, 0.5) is 11.4 Å². The summed E-state index contributed by atoms with van der Waals surface area (Å²) in [6, 6.07) is 12.9. The molecule has 0 aromatic heterocycles. The van der Waals surface area contributed by atoms with Crippen molar-refractivity contribution in [2.75, 3.05) is 23.3 Å². The Balaban J connectivity index is 1.85. The fourth-order valence-electron chi connectivity index (χ4n) is 3.24. The number of carbonyl (C=O) groups excluding carboxylic acids is 2. The number of anilines is 2. The number of halogens is 1. The molecular formula is C22H26BrN3O2. The molecule has 3 rings (SSSR count). The highest BCUT2D eigenvalue weighted by molar-refractivity contribution is 9.10. The summed E-state index contributed by atoms with van der Waals surface area (Å²) in [5.41, 5.74) is 2.72. The third-order valence-electron chi connectivity index (χ3n) is 5.04. The molecule has 1 fully saturated rings. The summed E-state index contributed by atoms with van der Waals surface area (Å²) in [5.74, 6) is -0.300. The van der Waals surface area contributed by atoms with Gasteiger partial charge in [-0.1, -0.05) is 22.9 Å². The van der Waals surface area contributed by atoms with Crippen molar-refractivity contribution < 1.29 is 9.59 Å². The van der Waals surface area contributed by atoms with Gasteiger partial charge >= 0.3 is 0 Å². The molecule has 5 nitrogen and oxygen atoms in total. The first-order valence-corrected chi connectivity index (χ1v) is 10.5. The molecule has 0 saturated carbocycles. The number of amides is 2. The van der Waals surface area contributed by atoms with Crippen LogP contribution in [0.1, 0.15) is 53.8 Å². The van der Waals surface area contributed by atoms with Crippen molar-refractivity contribution >= 4 is 39.1 Å². The summed E-state index contributed by atoms with van der Waals surface area (Å²) in [4.78, 5) is 27.7. The minimum absolute atomic E-state index is 0.0972. The third kappa shape index (κ3) is 4.93. The number of nitrogens with zero attached hydrogens (tertiary/aromatic N) is 1. The van der Waals surface area contributed by atoms with Gasteiger partial charge in [0.1, 0.15) is 0 Å². The second kappa shape index (κ2) is 9.24. The SMILES string of the molecule is CCC(C)NC(=O)c1cc(NC(=O)c2ccc(Br)cc2)ccc1N1CCCC1. The Kier molecular flexibility index (Phi) is 6.73. The molecule has 148 valence electrons. The van der Waals surface area contributed by atoms with Crippen molar-refractivity contribution in [3.8, 4) is 0 Å². The van der Waals surface area contributed by atoms with Crippen LogP contribution in [0.3, 0.4) is 0 Å². The lowest BCUT2D eigenvalue weighted by molar-refractivity contribution is 0.0938. The average molecular weight is 444 g/mol. The van der Waals surface area contributed by atoms with E-state index < -0.39 is 0 Å². The Hall–Kier alpha value is -2.34. The first-order valence-electron chi connectivity index (χ1n) is 9.74. The molecule has 0 radical (unpaired) electrons. The molecule has 1 atom stereocenters. The predicted molar refractivity (Wildman–Crippen MR) is 117 cm³/mol. The number of hydrogen-bond donors (Lipinski definition) is 2. The number of benzene rings is 2. The second-order valence-corrected chi connectivity index (χ2v) is 8.09. The largest absolute Gasteiger partial charge is 0.371 e. The van der Waals surface area contributed by atoms with Crippen LogP contribution >= 0.6 is 15.9 Å². The van der Waals surface area contributed by atoms with Crippen molar-refractivity contribution in [1.29, 1.82) is 0 Å². The standard InChI is InChI=1S/C22H26BrN3O2/c1-3-15(2)24-22(28)19-14-18(10-11-20(19)26-12-4-5-13-26)25-21(27)16-6-8-17(23)9-7-16/h6-11,14-15H,3-5,12-13H2,1-2H3,(H,24,28)(H,25,27). The monoisotopic (exact) mass is 443 g/mol.